The maximum Gasteiger partial charge on any atom is 0.255 e. The summed E-state index contributed by atoms with van der Waals surface area (Å²) in [6.45, 7) is 4.35. The highest BCUT2D eigenvalue weighted by molar-refractivity contribution is 6.04. The summed E-state index contributed by atoms with van der Waals surface area (Å²) in [4.78, 5) is 12.6. The van der Waals surface area contributed by atoms with Gasteiger partial charge in [0, 0.05) is 17.9 Å². The van der Waals surface area contributed by atoms with E-state index in [4.69, 9.17) is 14.2 Å². The van der Waals surface area contributed by atoms with Gasteiger partial charge in [0.25, 0.3) is 5.91 Å². The van der Waals surface area contributed by atoms with Crippen LogP contribution in [-0.2, 0) is 4.74 Å². The molecule has 5 heteroatoms. The Morgan fingerprint density at radius 3 is 2.47 bits per heavy atom. The van der Waals surface area contributed by atoms with Crippen molar-refractivity contribution in [1.29, 1.82) is 0 Å². The maximum absolute atomic E-state index is 12.6. The first-order valence-corrected chi connectivity index (χ1v) is 11.1. The molecule has 0 saturated heterocycles. The van der Waals surface area contributed by atoms with Crippen molar-refractivity contribution in [3.05, 3.63) is 54.1 Å². The Bertz CT molecular complexity index is 769. The van der Waals surface area contributed by atoms with Crippen LogP contribution in [0.1, 0.15) is 55.8 Å². The maximum atomic E-state index is 12.6. The summed E-state index contributed by atoms with van der Waals surface area (Å²) in [7, 11) is 0. The lowest BCUT2D eigenvalue weighted by Crippen LogP contribution is -2.12. The number of amides is 1. The molecule has 1 aliphatic carbocycles. The van der Waals surface area contributed by atoms with Crippen molar-refractivity contribution in [2.45, 2.75) is 45.4 Å². The largest absolute Gasteiger partial charge is 0.494 e. The minimum Gasteiger partial charge on any atom is -0.494 e. The molecule has 0 heterocycles. The number of carbonyl (C=O) groups excluding carboxylic acids is 1. The SMILES string of the molecule is CCOCCOc1cccc(C(=O)Nc2ccc(OCCC3CCCCC3)cc2)c1. The van der Waals surface area contributed by atoms with Crippen LogP contribution in [0.3, 0.4) is 0 Å². The second-order valence-corrected chi connectivity index (χ2v) is 7.69. The zero-order valence-corrected chi connectivity index (χ0v) is 17.9. The first kappa shape index (κ1) is 22.2. The third kappa shape index (κ3) is 7.38. The lowest BCUT2D eigenvalue weighted by Gasteiger charge is -2.21. The first-order valence-electron chi connectivity index (χ1n) is 11.1. The standard InChI is InChI=1S/C25H33NO4/c1-2-28-17-18-30-24-10-6-9-21(19-24)25(27)26-22-11-13-23(14-12-22)29-16-15-20-7-4-3-5-8-20/h6,9-14,19-20H,2-5,7-8,15-18H2,1H3,(H,26,27). The van der Waals surface area contributed by atoms with Gasteiger partial charge in [-0.05, 0) is 61.7 Å². The fourth-order valence-corrected chi connectivity index (χ4v) is 3.75. The average molecular weight is 412 g/mol. The Balaban J connectivity index is 1.44. The van der Waals surface area contributed by atoms with Crippen molar-refractivity contribution in [3.63, 3.8) is 0 Å². The second-order valence-electron chi connectivity index (χ2n) is 7.69. The number of rotatable bonds is 11. The van der Waals surface area contributed by atoms with E-state index in [1.807, 2.05) is 43.3 Å². The zero-order chi connectivity index (χ0) is 21.0. The summed E-state index contributed by atoms with van der Waals surface area (Å²) in [6.07, 6.45) is 7.92. The molecule has 1 N–H and O–H groups in total. The fourth-order valence-electron chi connectivity index (χ4n) is 3.75. The molecule has 0 radical (unpaired) electrons. The van der Waals surface area contributed by atoms with Gasteiger partial charge in [-0.25, -0.2) is 0 Å². The normalized spacial score (nSPS) is 14.3. The van der Waals surface area contributed by atoms with Gasteiger partial charge in [0.15, 0.2) is 0 Å². The third-order valence-electron chi connectivity index (χ3n) is 5.43. The van der Waals surface area contributed by atoms with E-state index in [1.165, 1.54) is 32.1 Å². The Kier molecular flexibility index (Phi) is 9.04. The highest BCUT2D eigenvalue weighted by atomic mass is 16.5. The van der Waals surface area contributed by atoms with E-state index >= 15 is 0 Å². The average Bonchev–Trinajstić information content (AvgIpc) is 2.79. The summed E-state index contributed by atoms with van der Waals surface area (Å²) in [5.41, 5.74) is 1.29. The molecule has 0 atom stereocenters. The molecule has 0 aliphatic heterocycles. The van der Waals surface area contributed by atoms with E-state index in [2.05, 4.69) is 5.32 Å². The summed E-state index contributed by atoms with van der Waals surface area (Å²) in [6, 6.07) is 14.7. The van der Waals surface area contributed by atoms with Crippen LogP contribution in [0.5, 0.6) is 11.5 Å². The number of carbonyl (C=O) groups is 1. The van der Waals surface area contributed by atoms with Gasteiger partial charge in [-0.15, -0.1) is 0 Å². The van der Waals surface area contributed by atoms with Gasteiger partial charge in [0.05, 0.1) is 13.2 Å². The summed E-state index contributed by atoms with van der Waals surface area (Å²) < 4.78 is 16.8. The molecule has 1 fully saturated rings. The molecule has 1 saturated carbocycles. The number of benzene rings is 2. The van der Waals surface area contributed by atoms with Gasteiger partial charge >= 0.3 is 0 Å². The van der Waals surface area contributed by atoms with Gasteiger partial charge < -0.3 is 19.5 Å². The van der Waals surface area contributed by atoms with Gasteiger partial charge in [-0.1, -0.05) is 38.2 Å². The number of anilines is 1. The van der Waals surface area contributed by atoms with Crippen molar-refractivity contribution in [2.75, 3.05) is 31.7 Å². The van der Waals surface area contributed by atoms with Crippen molar-refractivity contribution in [3.8, 4) is 11.5 Å². The molecule has 1 aliphatic rings. The zero-order valence-electron chi connectivity index (χ0n) is 17.9. The number of nitrogens with one attached hydrogen (secondary N) is 1. The van der Waals surface area contributed by atoms with E-state index < -0.39 is 0 Å². The smallest absolute Gasteiger partial charge is 0.255 e. The van der Waals surface area contributed by atoms with Crippen LogP contribution < -0.4 is 14.8 Å². The van der Waals surface area contributed by atoms with Crippen LogP contribution in [0.4, 0.5) is 5.69 Å². The highest BCUT2D eigenvalue weighted by Crippen LogP contribution is 2.26. The van der Waals surface area contributed by atoms with Crippen molar-refractivity contribution < 1.29 is 19.0 Å². The molecule has 3 rings (SSSR count). The Morgan fingerprint density at radius 2 is 1.70 bits per heavy atom. The van der Waals surface area contributed by atoms with Crippen LogP contribution in [-0.4, -0.2) is 32.3 Å². The van der Waals surface area contributed by atoms with Crippen LogP contribution in [0.15, 0.2) is 48.5 Å². The quantitative estimate of drug-likeness (QED) is 0.482. The Hall–Kier alpha value is -2.53. The first-order chi connectivity index (χ1) is 14.7. The predicted octanol–water partition coefficient (Wildman–Crippen LogP) is 5.70. The lowest BCUT2D eigenvalue weighted by molar-refractivity contribution is 0.102. The molecule has 5 nitrogen and oxygen atoms in total. The van der Waals surface area contributed by atoms with Crippen LogP contribution >= 0.6 is 0 Å². The van der Waals surface area contributed by atoms with Crippen molar-refractivity contribution in [2.24, 2.45) is 5.92 Å². The van der Waals surface area contributed by atoms with Gasteiger partial charge in [-0.2, -0.15) is 0 Å². The molecule has 0 aromatic heterocycles. The van der Waals surface area contributed by atoms with Gasteiger partial charge in [0.2, 0.25) is 0 Å². The van der Waals surface area contributed by atoms with Crippen LogP contribution in [0.25, 0.3) is 0 Å². The molecule has 0 unspecified atom stereocenters. The molecular formula is C25H33NO4. The van der Waals surface area contributed by atoms with E-state index in [0.29, 0.717) is 31.1 Å². The summed E-state index contributed by atoms with van der Waals surface area (Å²) >= 11 is 0. The van der Waals surface area contributed by atoms with E-state index in [0.717, 1.165) is 30.4 Å². The molecule has 30 heavy (non-hydrogen) atoms. The summed E-state index contributed by atoms with van der Waals surface area (Å²) in [5, 5.41) is 2.92. The molecule has 0 spiro atoms. The van der Waals surface area contributed by atoms with Crippen molar-refractivity contribution >= 4 is 11.6 Å². The van der Waals surface area contributed by atoms with Gasteiger partial charge in [0.1, 0.15) is 18.1 Å². The Morgan fingerprint density at radius 1 is 0.933 bits per heavy atom. The number of ether oxygens (including phenoxy) is 3. The number of hydrogen-bond acceptors (Lipinski definition) is 4. The van der Waals surface area contributed by atoms with Gasteiger partial charge in [-0.3, -0.25) is 4.79 Å². The molecule has 2 aromatic carbocycles. The third-order valence-corrected chi connectivity index (χ3v) is 5.43. The van der Waals surface area contributed by atoms with E-state index in [-0.39, 0.29) is 5.91 Å². The topological polar surface area (TPSA) is 56.8 Å². The van der Waals surface area contributed by atoms with E-state index in [1.54, 1.807) is 12.1 Å². The monoisotopic (exact) mass is 411 g/mol. The van der Waals surface area contributed by atoms with Crippen LogP contribution in [0, 0.1) is 5.92 Å². The molecule has 2 aromatic rings. The van der Waals surface area contributed by atoms with E-state index in [9.17, 15) is 4.79 Å². The van der Waals surface area contributed by atoms with Crippen molar-refractivity contribution in [1.82, 2.24) is 0 Å². The minimum atomic E-state index is -0.170. The second kappa shape index (κ2) is 12.2. The fraction of sp³-hybridized carbons (Fsp3) is 0.480. The highest BCUT2D eigenvalue weighted by Gasteiger charge is 2.13. The molecular weight excluding hydrogens is 378 g/mol. The summed E-state index contributed by atoms with van der Waals surface area (Å²) in [5.74, 6) is 2.14. The molecule has 162 valence electrons. The minimum absolute atomic E-state index is 0.170. The Labute approximate surface area is 179 Å². The molecule has 1 amide bonds. The lowest BCUT2D eigenvalue weighted by atomic mass is 9.87. The van der Waals surface area contributed by atoms with Crippen LogP contribution in [0.2, 0.25) is 0 Å². The predicted molar refractivity (Wildman–Crippen MR) is 120 cm³/mol. The molecule has 0 bridgehead atoms. The number of hydrogen-bond donors (Lipinski definition) is 1.